The van der Waals surface area contributed by atoms with Gasteiger partial charge in [0.05, 0.1) is 11.8 Å². The van der Waals surface area contributed by atoms with Crippen molar-refractivity contribution in [2.45, 2.75) is 44.6 Å². The first-order valence-corrected chi connectivity index (χ1v) is 6.10. The monoisotopic (exact) mass is 225 g/mol. The molecule has 4 nitrogen and oxygen atoms in total. The first kappa shape index (κ1) is 11.4. The highest BCUT2D eigenvalue weighted by atomic mass is 16.4. The van der Waals surface area contributed by atoms with Crippen molar-refractivity contribution in [1.29, 1.82) is 0 Å². The number of hydrogen-bond donors (Lipinski definition) is 1. The lowest BCUT2D eigenvalue weighted by molar-refractivity contribution is -0.150. The van der Waals surface area contributed by atoms with Crippen LogP contribution in [0, 0.1) is 11.8 Å². The number of hydrogen-bond acceptors (Lipinski definition) is 2. The van der Waals surface area contributed by atoms with E-state index in [9.17, 15) is 9.59 Å². The van der Waals surface area contributed by atoms with Crippen LogP contribution in [0.25, 0.3) is 0 Å². The molecule has 1 amide bonds. The van der Waals surface area contributed by atoms with E-state index >= 15 is 0 Å². The molecule has 90 valence electrons. The molecule has 0 aromatic carbocycles. The maximum Gasteiger partial charge on any atom is 0.307 e. The fourth-order valence-electron chi connectivity index (χ4n) is 2.77. The lowest BCUT2D eigenvalue weighted by atomic mass is 9.89. The van der Waals surface area contributed by atoms with Crippen molar-refractivity contribution in [3.8, 4) is 0 Å². The lowest BCUT2D eigenvalue weighted by Crippen LogP contribution is -2.45. The van der Waals surface area contributed by atoms with E-state index < -0.39 is 11.9 Å². The molecule has 2 aliphatic rings. The number of aliphatic carboxylic acids is 1. The van der Waals surface area contributed by atoms with Gasteiger partial charge in [0.1, 0.15) is 0 Å². The van der Waals surface area contributed by atoms with E-state index in [4.69, 9.17) is 5.11 Å². The van der Waals surface area contributed by atoms with Crippen LogP contribution in [0.3, 0.4) is 0 Å². The largest absolute Gasteiger partial charge is 0.481 e. The van der Waals surface area contributed by atoms with Gasteiger partial charge < -0.3 is 10.0 Å². The van der Waals surface area contributed by atoms with Gasteiger partial charge in [0.25, 0.3) is 0 Å². The maximum absolute atomic E-state index is 12.2. The highest BCUT2D eigenvalue weighted by molar-refractivity contribution is 5.85. The predicted molar refractivity (Wildman–Crippen MR) is 58.9 cm³/mol. The van der Waals surface area contributed by atoms with Crippen molar-refractivity contribution in [3.63, 3.8) is 0 Å². The minimum Gasteiger partial charge on any atom is -0.481 e. The summed E-state index contributed by atoms with van der Waals surface area (Å²) in [6, 6.07) is 0.363. The molecule has 1 N–H and O–H groups in total. The topological polar surface area (TPSA) is 57.6 Å². The molecule has 0 saturated heterocycles. The van der Waals surface area contributed by atoms with Gasteiger partial charge in [-0.25, -0.2) is 0 Å². The lowest BCUT2D eigenvalue weighted by Gasteiger charge is -2.36. The molecule has 0 aromatic heterocycles. The molecule has 0 bridgehead atoms. The zero-order valence-corrected chi connectivity index (χ0v) is 9.69. The van der Waals surface area contributed by atoms with E-state index in [0.29, 0.717) is 12.5 Å². The number of carbonyl (C=O) groups is 2. The van der Waals surface area contributed by atoms with Crippen molar-refractivity contribution in [3.05, 3.63) is 0 Å². The second-order valence-electron chi connectivity index (χ2n) is 5.02. The maximum atomic E-state index is 12.2. The number of carboxylic acid groups (broad SMARTS) is 1. The summed E-state index contributed by atoms with van der Waals surface area (Å²) in [5, 5.41) is 9.05. The Morgan fingerprint density at radius 3 is 2.12 bits per heavy atom. The van der Waals surface area contributed by atoms with Gasteiger partial charge in [0.15, 0.2) is 0 Å². The first-order valence-electron chi connectivity index (χ1n) is 6.10. The molecule has 4 heteroatoms. The van der Waals surface area contributed by atoms with E-state index in [1.165, 1.54) is 6.42 Å². The van der Waals surface area contributed by atoms with Gasteiger partial charge in [-0.1, -0.05) is 6.42 Å². The first-order chi connectivity index (χ1) is 7.61. The van der Waals surface area contributed by atoms with E-state index in [-0.39, 0.29) is 11.8 Å². The Labute approximate surface area is 95.6 Å². The third-order valence-corrected chi connectivity index (χ3v) is 4.12. The van der Waals surface area contributed by atoms with Crippen LogP contribution in [0.5, 0.6) is 0 Å². The summed E-state index contributed by atoms with van der Waals surface area (Å²) in [5.41, 5.74) is 0. The van der Waals surface area contributed by atoms with Gasteiger partial charge in [0.2, 0.25) is 5.91 Å². The summed E-state index contributed by atoms with van der Waals surface area (Å²) in [5.74, 6) is -1.48. The minimum atomic E-state index is -0.808. The molecule has 2 saturated carbocycles. The molecule has 2 unspecified atom stereocenters. The summed E-state index contributed by atoms with van der Waals surface area (Å²) in [6.45, 7) is 0. The van der Waals surface area contributed by atoms with Crippen LogP contribution in [-0.4, -0.2) is 35.0 Å². The molecule has 2 fully saturated rings. The third kappa shape index (κ3) is 1.93. The molecule has 2 atom stereocenters. The fourth-order valence-corrected chi connectivity index (χ4v) is 2.77. The average molecular weight is 225 g/mol. The molecule has 0 aromatic rings. The number of rotatable bonds is 3. The second-order valence-corrected chi connectivity index (χ2v) is 5.02. The number of amides is 1. The summed E-state index contributed by atoms with van der Waals surface area (Å²) in [7, 11) is 1.82. The zero-order chi connectivity index (χ0) is 11.7. The quantitative estimate of drug-likeness (QED) is 0.791. The Bertz CT molecular complexity index is 299. The van der Waals surface area contributed by atoms with Gasteiger partial charge in [-0.05, 0) is 32.1 Å². The van der Waals surface area contributed by atoms with Crippen LogP contribution in [0.1, 0.15) is 38.5 Å². The summed E-state index contributed by atoms with van der Waals surface area (Å²) in [4.78, 5) is 25.0. The molecular weight excluding hydrogens is 206 g/mol. The van der Waals surface area contributed by atoms with Gasteiger partial charge in [-0.15, -0.1) is 0 Å². The molecule has 0 radical (unpaired) electrons. The normalized spacial score (nSPS) is 29.8. The summed E-state index contributed by atoms with van der Waals surface area (Å²) >= 11 is 0. The van der Waals surface area contributed by atoms with Crippen molar-refractivity contribution < 1.29 is 14.7 Å². The molecule has 16 heavy (non-hydrogen) atoms. The molecule has 2 aliphatic carbocycles. The molecule has 0 aliphatic heterocycles. The van der Waals surface area contributed by atoms with Crippen molar-refractivity contribution in [2.24, 2.45) is 11.8 Å². The Morgan fingerprint density at radius 1 is 1.06 bits per heavy atom. The van der Waals surface area contributed by atoms with E-state index in [2.05, 4.69) is 0 Å². The second kappa shape index (κ2) is 4.44. The zero-order valence-electron chi connectivity index (χ0n) is 9.69. The van der Waals surface area contributed by atoms with Crippen LogP contribution < -0.4 is 0 Å². The van der Waals surface area contributed by atoms with Gasteiger partial charge in [0, 0.05) is 13.1 Å². The highest BCUT2D eigenvalue weighted by Crippen LogP contribution is 2.35. The third-order valence-electron chi connectivity index (χ3n) is 4.12. The van der Waals surface area contributed by atoms with Crippen LogP contribution >= 0.6 is 0 Å². The van der Waals surface area contributed by atoms with Crippen LogP contribution in [0.15, 0.2) is 0 Å². The molecule has 2 rings (SSSR count). The fraction of sp³-hybridized carbons (Fsp3) is 0.833. The summed E-state index contributed by atoms with van der Waals surface area (Å²) in [6.07, 6.45) is 5.61. The summed E-state index contributed by atoms with van der Waals surface area (Å²) < 4.78 is 0. The molecule has 0 heterocycles. The van der Waals surface area contributed by atoms with Crippen LogP contribution in [0.2, 0.25) is 0 Å². The Hall–Kier alpha value is -1.06. The van der Waals surface area contributed by atoms with Crippen molar-refractivity contribution >= 4 is 11.9 Å². The Kier molecular flexibility index (Phi) is 3.17. The average Bonchev–Trinajstić information content (AvgIpc) is 2.61. The smallest absolute Gasteiger partial charge is 0.307 e. The van der Waals surface area contributed by atoms with Crippen LogP contribution in [-0.2, 0) is 9.59 Å². The number of carbonyl (C=O) groups excluding carboxylic acids is 1. The van der Waals surface area contributed by atoms with Gasteiger partial charge >= 0.3 is 5.97 Å². The predicted octanol–water partition coefficient (Wildman–Crippen LogP) is 1.50. The number of nitrogens with zero attached hydrogens (tertiary/aromatic N) is 1. The number of carboxylic acids is 1. The van der Waals surface area contributed by atoms with E-state index in [1.54, 1.807) is 4.90 Å². The minimum absolute atomic E-state index is 0.0506. The molecular formula is C12H19NO3. The standard InChI is InChI=1S/C12H19NO3/c1-13(8-4-2-5-8)11(14)9-6-3-7-10(9)12(15)16/h8-10H,2-7H2,1H3,(H,15,16). The Balaban J connectivity index is 1.99. The van der Waals surface area contributed by atoms with E-state index in [1.807, 2.05) is 7.05 Å². The van der Waals surface area contributed by atoms with Gasteiger partial charge in [-0.2, -0.15) is 0 Å². The molecule has 0 spiro atoms. The van der Waals surface area contributed by atoms with Crippen LogP contribution in [0.4, 0.5) is 0 Å². The van der Waals surface area contributed by atoms with Crippen molar-refractivity contribution in [2.75, 3.05) is 7.05 Å². The highest BCUT2D eigenvalue weighted by Gasteiger charge is 2.40. The van der Waals surface area contributed by atoms with Crippen molar-refractivity contribution in [1.82, 2.24) is 4.90 Å². The van der Waals surface area contributed by atoms with E-state index in [0.717, 1.165) is 25.7 Å². The van der Waals surface area contributed by atoms with Gasteiger partial charge in [-0.3, -0.25) is 9.59 Å². The SMILES string of the molecule is CN(C(=O)C1CCCC1C(=O)O)C1CCC1. The Morgan fingerprint density at radius 2 is 1.62 bits per heavy atom.